The van der Waals surface area contributed by atoms with Crippen LogP contribution in [0.15, 0.2) is 24.3 Å². The van der Waals surface area contributed by atoms with E-state index >= 15 is 0 Å². The van der Waals surface area contributed by atoms with Gasteiger partial charge in [0, 0.05) is 13.1 Å². The fourth-order valence-corrected chi connectivity index (χ4v) is 1.92. The molecule has 0 fully saturated rings. The molecule has 0 bridgehead atoms. The second-order valence-corrected chi connectivity index (χ2v) is 4.68. The first-order chi connectivity index (χ1) is 9.17. The predicted octanol–water partition coefficient (Wildman–Crippen LogP) is 2.56. The SMILES string of the molecule is CCCCCN(Cc1ccc(F)cc1)C(=O)CNC. The van der Waals surface area contributed by atoms with Gasteiger partial charge in [-0.25, -0.2) is 4.39 Å². The van der Waals surface area contributed by atoms with Gasteiger partial charge in [-0.3, -0.25) is 4.79 Å². The van der Waals surface area contributed by atoms with Gasteiger partial charge in [0.25, 0.3) is 0 Å². The number of halogens is 1. The van der Waals surface area contributed by atoms with Crippen LogP contribution < -0.4 is 5.32 Å². The molecule has 0 aliphatic heterocycles. The molecule has 1 amide bonds. The maximum Gasteiger partial charge on any atom is 0.236 e. The van der Waals surface area contributed by atoms with Crippen molar-refractivity contribution in [2.24, 2.45) is 0 Å². The van der Waals surface area contributed by atoms with E-state index in [9.17, 15) is 9.18 Å². The lowest BCUT2D eigenvalue weighted by Crippen LogP contribution is -2.37. The van der Waals surface area contributed by atoms with Crippen LogP contribution in [0, 0.1) is 5.82 Å². The molecule has 1 aromatic rings. The van der Waals surface area contributed by atoms with Gasteiger partial charge in [0.1, 0.15) is 5.82 Å². The average Bonchev–Trinajstić information content (AvgIpc) is 2.40. The second kappa shape index (κ2) is 8.64. The fourth-order valence-electron chi connectivity index (χ4n) is 1.92. The minimum absolute atomic E-state index is 0.0860. The summed E-state index contributed by atoms with van der Waals surface area (Å²) in [5, 5.41) is 2.88. The van der Waals surface area contributed by atoms with Crippen LogP contribution in [0.3, 0.4) is 0 Å². The van der Waals surface area contributed by atoms with Crippen molar-refractivity contribution in [2.75, 3.05) is 20.1 Å². The van der Waals surface area contributed by atoms with Gasteiger partial charge in [-0.15, -0.1) is 0 Å². The number of hydrogen-bond acceptors (Lipinski definition) is 2. The third-order valence-corrected chi connectivity index (χ3v) is 3.00. The number of benzene rings is 1. The van der Waals surface area contributed by atoms with Crippen LogP contribution in [0.1, 0.15) is 31.7 Å². The Labute approximate surface area is 114 Å². The predicted molar refractivity (Wildman–Crippen MR) is 75.3 cm³/mol. The Bertz CT molecular complexity index is 378. The first-order valence-electron chi connectivity index (χ1n) is 6.84. The first-order valence-corrected chi connectivity index (χ1v) is 6.84. The molecule has 0 aromatic heterocycles. The number of carbonyl (C=O) groups is 1. The van der Waals surface area contributed by atoms with Gasteiger partial charge >= 0.3 is 0 Å². The average molecular weight is 266 g/mol. The molecular weight excluding hydrogens is 243 g/mol. The van der Waals surface area contributed by atoms with Crippen molar-refractivity contribution in [3.8, 4) is 0 Å². The Morgan fingerprint density at radius 2 is 1.95 bits per heavy atom. The molecule has 3 nitrogen and oxygen atoms in total. The van der Waals surface area contributed by atoms with Crippen molar-refractivity contribution in [1.29, 1.82) is 0 Å². The molecule has 0 atom stereocenters. The van der Waals surface area contributed by atoms with Crippen LogP contribution in [0.4, 0.5) is 4.39 Å². The summed E-state index contributed by atoms with van der Waals surface area (Å²) in [6.07, 6.45) is 3.25. The maximum atomic E-state index is 12.9. The Hall–Kier alpha value is -1.42. The van der Waals surface area contributed by atoms with E-state index < -0.39 is 0 Å². The van der Waals surface area contributed by atoms with Gasteiger partial charge in [0.05, 0.1) is 6.54 Å². The van der Waals surface area contributed by atoms with Crippen molar-refractivity contribution in [1.82, 2.24) is 10.2 Å². The summed E-state index contributed by atoms with van der Waals surface area (Å²) in [4.78, 5) is 13.8. The lowest BCUT2D eigenvalue weighted by atomic mass is 10.2. The lowest BCUT2D eigenvalue weighted by molar-refractivity contribution is -0.130. The Balaban J connectivity index is 2.61. The molecule has 106 valence electrons. The van der Waals surface area contributed by atoms with E-state index in [-0.39, 0.29) is 11.7 Å². The molecule has 0 heterocycles. The molecule has 0 unspecified atom stereocenters. The number of amides is 1. The molecule has 0 saturated heterocycles. The summed E-state index contributed by atoms with van der Waals surface area (Å²) in [6, 6.07) is 6.33. The van der Waals surface area contributed by atoms with Gasteiger partial charge in [-0.1, -0.05) is 31.9 Å². The van der Waals surface area contributed by atoms with Gasteiger partial charge in [-0.05, 0) is 31.2 Å². The summed E-state index contributed by atoms with van der Waals surface area (Å²) in [5.74, 6) is -0.161. The van der Waals surface area contributed by atoms with Crippen molar-refractivity contribution >= 4 is 5.91 Å². The van der Waals surface area contributed by atoms with Crippen molar-refractivity contribution in [2.45, 2.75) is 32.7 Å². The largest absolute Gasteiger partial charge is 0.337 e. The molecular formula is C15H23FN2O. The molecule has 0 radical (unpaired) electrons. The highest BCUT2D eigenvalue weighted by Gasteiger charge is 2.12. The third-order valence-electron chi connectivity index (χ3n) is 3.00. The van der Waals surface area contributed by atoms with Crippen LogP contribution in [-0.4, -0.2) is 30.9 Å². The van der Waals surface area contributed by atoms with Crippen LogP contribution in [0.25, 0.3) is 0 Å². The van der Waals surface area contributed by atoms with Gasteiger partial charge in [-0.2, -0.15) is 0 Å². The number of unbranched alkanes of at least 4 members (excludes halogenated alkanes) is 2. The fraction of sp³-hybridized carbons (Fsp3) is 0.533. The van der Waals surface area contributed by atoms with Crippen molar-refractivity contribution in [3.63, 3.8) is 0 Å². The Morgan fingerprint density at radius 3 is 2.53 bits per heavy atom. The minimum Gasteiger partial charge on any atom is -0.337 e. The molecule has 0 aliphatic rings. The summed E-state index contributed by atoms with van der Waals surface area (Å²) in [7, 11) is 1.76. The standard InChI is InChI=1S/C15H23FN2O/c1-3-4-5-10-18(15(19)11-17-2)12-13-6-8-14(16)9-7-13/h6-9,17H,3-5,10-12H2,1-2H3. The van der Waals surface area contributed by atoms with Crippen LogP contribution in [0.5, 0.6) is 0 Å². The smallest absolute Gasteiger partial charge is 0.236 e. The number of rotatable bonds is 8. The van der Waals surface area contributed by atoms with E-state index in [0.717, 1.165) is 31.4 Å². The molecule has 19 heavy (non-hydrogen) atoms. The quantitative estimate of drug-likeness (QED) is 0.733. The zero-order valence-electron chi connectivity index (χ0n) is 11.8. The third kappa shape index (κ3) is 5.83. The highest BCUT2D eigenvalue weighted by Crippen LogP contribution is 2.08. The molecule has 0 aliphatic carbocycles. The summed E-state index contributed by atoms with van der Waals surface area (Å²) < 4.78 is 12.9. The zero-order chi connectivity index (χ0) is 14.1. The van der Waals surface area contributed by atoms with Gasteiger partial charge < -0.3 is 10.2 Å². The number of carbonyl (C=O) groups excluding carboxylic acids is 1. The lowest BCUT2D eigenvalue weighted by Gasteiger charge is -2.23. The molecule has 1 aromatic carbocycles. The van der Waals surface area contributed by atoms with Crippen LogP contribution in [0.2, 0.25) is 0 Å². The van der Waals surface area contributed by atoms with Crippen molar-refractivity contribution < 1.29 is 9.18 Å². The highest BCUT2D eigenvalue weighted by molar-refractivity contribution is 5.78. The van der Waals surface area contributed by atoms with Gasteiger partial charge in [0.2, 0.25) is 5.91 Å². The second-order valence-electron chi connectivity index (χ2n) is 4.68. The van der Waals surface area contributed by atoms with Crippen molar-refractivity contribution in [3.05, 3.63) is 35.6 Å². The monoisotopic (exact) mass is 266 g/mol. The summed E-state index contributed by atoms with van der Waals surface area (Å²) in [6.45, 7) is 3.78. The zero-order valence-corrected chi connectivity index (χ0v) is 11.8. The number of nitrogens with zero attached hydrogens (tertiary/aromatic N) is 1. The first kappa shape index (κ1) is 15.6. The van der Waals surface area contributed by atoms with E-state index in [1.807, 2.05) is 4.90 Å². The normalized spacial score (nSPS) is 10.5. The number of hydrogen-bond donors (Lipinski definition) is 1. The highest BCUT2D eigenvalue weighted by atomic mass is 19.1. The summed E-state index contributed by atoms with van der Waals surface area (Å²) in [5.41, 5.74) is 0.961. The molecule has 4 heteroatoms. The topological polar surface area (TPSA) is 32.3 Å². The van der Waals surface area contributed by atoms with Gasteiger partial charge in [0.15, 0.2) is 0 Å². The summed E-state index contributed by atoms with van der Waals surface area (Å²) >= 11 is 0. The Kier molecular flexibility index (Phi) is 7.11. The minimum atomic E-state index is -0.247. The maximum absolute atomic E-state index is 12.9. The number of nitrogens with one attached hydrogen (secondary N) is 1. The Morgan fingerprint density at radius 1 is 1.26 bits per heavy atom. The molecule has 1 rings (SSSR count). The van der Waals surface area contributed by atoms with E-state index in [1.165, 1.54) is 12.1 Å². The van der Waals surface area contributed by atoms with Crippen LogP contribution >= 0.6 is 0 Å². The van der Waals surface area contributed by atoms with E-state index in [4.69, 9.17) is 0 Å². The molecule has 0 saturated carbocycles. The van der Waals surface area contributed by atoms with Crippen LogP contribution in [-0.2, 0) is 11.3 Å². The van der Waals surface area contributed by atoms with E-state index in [0.29, 0.717) is 13.1 Å². The molecule has 1 N–H and O–H groups in total. The molecule has 0 spiro atoms. The van der Waals surface area contributed by atoms with E-state index in [2.05, 4.69) is 12.2 Å². The number of likely N-dealkylation sites (N-methyl/N-ethyl adjacent to an activating group) is 1. The van der Waals surface area contributed by atoms with E-state index in [1.54, 1.807) is 19.2 Å².